The van der Waals surface area contributed by atoms with Crippen molar-refractivity contribution < 1.29 is 4.39 Å². The van der Waals surface area contributed by atoms with Gasteiger partial charge in [0.25, 0.3) is 0 Å². The van der Waals surface area contributed by atoms with Crippen LogP contribution < -0.4 is 5.32 Å². The molecule has 19 heavy (non-hydrogen) atoms. The van der Waals surface area contributed by atoms with Crippen LogP contribution in [0.5, 0.6) is 0 Å². The highest BCUT2D eigenvalue weighted by atomic mass is 79.9. The number of benzene rings is 2. The minimum absolute atomic E-state index is 0.169. The first-order chi connectivity index (χ1) is 9.08. The number of halogens is 2. The molecule has 0 saturated heterocycles. The first-order valence-electron chi connectivity index (χ1n) is 6.34. The third-order valence-corrected chi connectivity index (χ3v) is 3.96. The zero-order valence-electron chi connectivity index (χ0n) is 11.0. The van der Waals surface area contributed by atoms with E-state index in [4.69, 9.17) is 0 Å². The van der Waals surface area contributed by atoms with E-state index in [9.17, 15) is 4.39 Å². The van der Waals surface area contributed by atoms with Gasteiger partial charge in [-0.1, -0.05) is 46.3 Å². The summed E-state index contributed by atoms with van der Waals surface area (Å²) in [6.07, 6.45) is 0. The molecule has 1 unspecified atom stereocenters. The summed E-state index contributed by atoms with van der Waals surface area (Å²) < 4.78 is 14.0. The van der Waals surface area contributed by atoms with Crippen LogP contribution in [0.1, 0.15) is 37.1 Å². The van der Waals surface area contributed by atoms with Gasteiger partial charge in [-0.3, -0.25) is 0 Å². The summed E-state index contributed by atoms with van der Waals surface area (Å²) in [5, 5.41) is 3.52. The van der Waals surface area contributed by atoms with E-state index in [1.807, 2.05) is 30.3 Å². The topological polar surface area (TPSA) is 12.0 Å². The van der Waals surface area contributed by atoms with E-state index in [-0.39, 0.29) is 17.9 Å². The summed E-state index contributed by atoms with van der Waals surface area (Å²) >= 11 is 3.56. The molecule has 2 aromatic rings. The van der Waals surface area contributed by atoms with E-state index in [0.29, 0.717) is 0 Å². The van der Waals surface area contributed by atoms with Crippen LogP contribution in [-0.2, 0) is 0 Å². The first kappa shape index (κ1) is 14.2. The Balaban J connectivity index is 2.08. The van der Waals surface area contributed by atoms with Gasteiger partial charge in [0.15, 0.2) is 0 Å². The molecular weight excluding hydrogens is 305 g/mol. The van der Waals surface area contributed by atoms with Crippen molar-refractivity contribution in [1.29, 1.82) is 0 Å². The Kier molecular flexibility index (Phi) is 4.72. The van der Waals surface area contributed by atoms with Crippen LogP contribution in [0.25, 0.3) is 0 Å². The predicted molar refractivity (Wildman–Crippen MR) is 80.5 cm³/mol. The van der Waals surface area contributed by atoms with Crippen LogP contribution in [0, 0.1) is 5.82 Å². The quantitative estimate of drug-likeness (QED) is 0.835. The molecule has 1 nitrogen and oxygen atoms in total. The van der Waals surface area contributed by atoms with Crippen molar-refractivity contribution in [2.75, 3.05) is 0 Å². The summed E-state index contributed by atoms with van der Waals surface area (Å²) in [5.74, 6) is -0.199. The Hall–Kier alpha value is -1.19. The molecule has 2 atom stereocenters. The van der Waals surface area contributed by atoms with Crippen molar-refractivity contribution in [3.8, 4) is 0 Å². The van der Waals surface area contributed by atoms with Gasteiger partial charge in [0, 0.05) is 16.6 Å². The minimum atomic E-state index is -0.199. The number of hydrogen-bond acceptors (Lipinski definition) is 1. The zero-order chi connectivity index (χ0) is 13.8. The Morgan fingerprint density at radius 3 is 2.21 bits per heavy atom. The lowest BCUT2D eigenvalue weighted by Gasteiger charge is -2.21. The van der Waals surface area contributed by atoms with Gasteiger partial charge in [0.1, 0.15) is 5.82 Å². The second kappa shape index (κ2) is 6.31. The average Bonchev–Trinajstić information content (AvgIpc) is 2.39. The van der Waals surface area contributed by atoms with Crippen molar-refractivity contribution >= 4 is 15.9 Å². The molecule has 0 amide bonds. The van der Waals surface area contributed by atoms with Gasteiger partial charge in [-0.05, 0) is 43.2 Å². The van der Waals surface area contributed by atoms with Crippen LogP contribution in [-0.4, -0.2) is 0 Å². The lowest BCUT2D eigenvalue weighted by atomic mass is 10.0. The Morgan fingerprint density at radius 2 is 1.58 bits per heavy atom. The standard InChI is InChI=1S/C16H17BrFN/c1-11(13-7-9-14(18)10-8-13)19-12(2)15-5-3-4-6-16(15)17/h3-12,19H,1-2H3/t11-,12?/m0/s1. The maximum absolute atomic E-state index is 12.9. The highest BCUT2D eigenvalue weighted by molar-refractivity contribution is 9.10. The van der Waals surface area contributed by atoms with E-state index in [0.717, 1.165) is 10.0 Å². The molecule has 0 radical (unpaired) electrons. The van der Waals surface area contributed by atoms with Crippen LogP contribution in [0.2, 0.25) is 0 Å². The molecule has 1 N–H and O–H groups in total. The summed E-state index contributed by atoms with van der Waals surface area (Å²) in [6, 6.07) is 15.2. The summed E-state index contributed by atoms with van der Waals surface area (Å²) in [4.78, 5) is 0. The molecule has 2 aromatic carbocycles. The average molecular weight is 322 g/mol. The lowest BCUT2D eigenvalue weighted by Crippen LogP contribution is -2.22. The van der Waals surface area contributed by atoms with Gasteiger partial charge >= 0.3 is 0 Å². The van der Waals surface area contributed by atoms with E-state index in [2.05, 4.69) is 41.2 Å². The highest BCUT2D eigenvalue weighted by Gasteiger charge is 2.13. The fraction of sp³-hybridized carbons (Fsp3) is 0.250. The summed E-state index contributed by atoms with van der Waals surface area (Å²) in [6.45, 7) is 4.21. The highest BCUT2D eigenvalue weighted by Crippen LogP contribution is 2.25. The molecule has 0 aliphatic carbocycles. The zero-order valence-corrected chi connectivity index (χ0v) is 12.6. The SMILES string of the molecule is CC(N[C@@H](C)c1ccc(F)cc1)c1ccccc1Br. The van der Waals surface area contributed by atoms with Crippen molar-refractivity contribution in [2.24, 2.45) is 0 Å². The third-order valence-electron chi connectivity index (χ3n) is 3.24. The van der Waals surface area contributed by atoms with Gasteiger partial charge in [-0.25, -0.2) is 4.39 Å². The molecule has 0 spiro atoms. The fourth-order valence-electron chi connectivity index (χ4n) is 2.14. The molecule has 0 aliphatic heterocycles. The number of nitrogens with one attached hydrogen (secondary N) is 1. The van der Waals surface area contributed by atoms with Gasteiger partial charge in [-0.2, -0.15) is 0 Å². The molecule has 100 valence electrons. The molecule has 0 heterocycles. The van der Waals surface area contributed by atoms with E-state index in [1.54, 1.807) is 0 Å². The monoisotopic (exact) mass is 321 g/mol. The second-order valence-corrected chi connectivity index (χ2v) is 5.54. The second-order valence-electron chi connectivity index (χ2n) is 4.68. The molecule has 0 fully saturated rings. The van der Waals surface area contributed by atoms with Crippen molar-refractivity contribution in [3.63, 3.8) is 0 Å². The number of hydrogen-bond donors (Lipinski definition) is 1. The van der Waals surface area contributed by atoms with E-state index < -0.39 is 0 Å². The molecular formula is C16H17BrFN. The minimum Gasteiger partial charge on any atom is -0.304 e. The summed E-state index contributed by atoms with van der Waals surface area (Å²) in [5.41, 5.74) is 2.30. The Labute approximate surface area is 122 Å². The van der Waals surface area contributed by atoms with E-state index >= 15 is 0 Å². The van der Waals surface area contributed by atoms with Gasteiger partial charge in [0.05, 0.1) is 0 Å². The van der Waals surface area contributed by atoms with Crippen molar-refractivity contribution in [1.82, 2.24) is 5.32 Å². The lowest BCUT2D eigenvalue weighted by molar-refractivity contribution is 0.492. The summed E-state index contributed by atoms with van der Waals surface area (Å²) in [7, 11) is 0. The predicted octanol–water partition coefficient (Wildman–Crippen LogP) is 5.00. The Bertz CT molecular complexity index is 539. The van der Waals surface area contributed by atoms with Crippen molar-refractivity contribution in [2.45, 2.75) is 25.9 Å². The molecule has 0 aliphatic rings. The molecule has 3 heteroatoms. The van der Waals surface area contributed by atoms with Crippen LogP contribution in [0.15, 0.2) is 53.0 Å². The third kappa shape index (κ3) is 3.64. The smallest absolute Gasteiger partial charge is 0.123 e. The van der Waals surface area contributed by atoms with Gasteiger partial charge in [-0.15, -0.1) is 0 Å². The van der Waals surface area contributed by atoms with Crippen LogP contribution in [0.3, 0.4) is 0 Å². The molecule has 2 rings (SSSR count). The van der Waals surface area contributed by atoms with Crippen LogP contribution >= 0.6 is 15.9 Å². The molecule has 0 saturated carbocycles. The maximum Gasteiger partial charge on any atom is 0.123 e. The number of rotatable bonds is 4. The van der Waals surface area contributed by atoms with Gasteiger partial charge < -0.3 is 5.32 Å². The maximum atomic E-state index is 12.9. The molecule has 0 aromatic heterocycles. The first-order valence-corrected chi connectivity index (χ1v) is 7.13. The van der Waals surface area contributed by atoms with Crippen LogP contribution in [0.4, 0.5) is 4.39 Å². The van der Waals surface area contributed by atoms with Crippen molar-refractivity contribution in [3.05, 3.63) is 69.9 Å². The van der Waals surface area contributed by atoms with Gasteiger partial charge in [0.2, 0.25) is 0 Å². The Morgan fingerprint density at radius 1 is 0.947 bits per heavy atom. The largest absolute Gasteiger partial charge is 0.304 e. The van der Waals surface area contributed by atoms with E-state index in [1.165, 1.54) is 17.7 Å². The fourth-order valence-corrected chi connectivity index (χ4v) is 2.77. The normalized spacial score (nSPS) is 14.1. The molecule has 0 bridgehead atoms.